The maximum Gasteiger partial charge on any atom is 0.309 e. The molecule has 0 fully saturated rings. The summed E-state index contributed by atoms with van der Waals surface area (Å²) in [5.74, 6) is -1.04. The van der Waals surface area contributed by atoms with Crippen LogP contribution in [0.2, 0.25) is 5.02 Å². The van der Waals surface area contributed by atoms with Gasteiger partial charge in [0.15, 0.2) is 0 Å². The van der Waals surface area contributed by atoms with Crippen molar-refractivity contribution >= 4 is 23.5 Å². The standard InChI is InChI=1S/C7H8ClN3O3/c1-14-6-5(8)3(2-4(12)13)10-7(9)11-6/h2H2,1H3,(H,12,13)(H2,9,10,11). The lowest BCUT2D eigenvalue weighted by molar-refractivity contribution is -0.136. The molecule has 0 saturated carbocycles. The second-order valence-corrected chi connectivity index (χ2v) is 2.80. The Hall–Kier alpha value is -1.56. The van der Waals surface area contributed by atoms with Gasteiger partial charge in [-0.3, -0.25) is 4.79 Å². The summed E-state index contributed by atoms with van der Waals surface area (Å²) in [6.07, 6.45) is -0.318. The number of aromatic nitrogens is 2. The van der Waals surface area contributed by atoms with Crippen molar-refractivity contribution in [2.24, 2.45) is 0 Å². The summed E-state index contributed by atoms with van der Waals surface area (Å²) in [4.78, 5) is 17.8. The average Bonchev–Trinajstić information content (AvgIpc) is 2.09. The van der Waals surface area contributed by atoms with E-state index in [1.54, 1.807) is 0 Å². The van der Waals surface area contributed by atoms with E-state index in [9.17, 15) is 4.79 Å². The molecule has 0 aliphatic rings. The molecule has 1 rings (SSSR count). The van der Waals surface area contributed by atoms with Crippen LogP contribution in [-0.2, 0) is 11.2 Å². The number of methoxy groups -OCH3 is 1. The maximum atomic E-state index is 10.4. The maximum absolute atomic E-state index is 10.4. The first-order valence-electron chi connectivity index (χ1n) is 3.62. The molecule has 7 heteroatoms. The molecule has 0 aliphatic carbocycles. The van der Waals surface area contributed by atoms with Gasteiger partial charge >= 0.3 is 5.97 Å². The molecule has 0 saturated heterocycles. The number of aliphatic carboxylic acids is 1. The Morgan fingerprint density at radius 3 is 2.79 bits per heavy atom. The number of carbonyl (C=O) groups is 1. The summed E-state index contributed by atoms with van der Waals surface area (Å²) in [5.41, 5.74) is 5.47. The molecule has 0 unspecified atom stereocenters. The van der Waals surface area contributed by atoms with E-state index in [-0.39, 0.29) is 29.0 Å². The zero-order chi connectivity index (χ0) is 10.7. The summed E-state index contributed by atoms with van der Waals surface area (Å²) in [5, 5.41) is 8.62. The third-order valence-electron chi connectivity index (χ3n) is 1.42. The Morgan fingerprint density at radius 1 is 1.64 bits per heavy atom. The zero-order valence-corrected chi connectivity index (χ0v) is 8.08. The first-order chi connectivity index (χ1) is 6.54. The van der Waals surface area contributed by atoms with Crippen LogP contribution >= 0.6 is 11.6 Å². The van der Waals surface area contributed by atoms with Crippen LogP contribution < -0.4 is 10.5 Å². The minimum Gasteiger partial charge on any atom is -0.481 e. The molecule has 0 aromatic carbocycles. The van der Waals surface area contributed by atoms with Crippen LogP contribution in [0.5, 0.6) is 5.88 Å². The van der Waals surface area contributed by atoms with Gasteiger partial charge in [-0.05, 0) is 0 Å². The van der Waals surface area contributed by atoms with E-state index in [0.717, 1.165) is 0 Å². The Kier molecular flexibility index (Phi) is 3.08. The highest BCUT2D eigenvalue weighted by molar-refractivity contribution is 6.32. The van der Waals surface area contributed by atoms with Crippen molar-refractivity contribution in [2.75, 3.05) is 12.8 Å². The number of rotatable bonds is 3. The highest BCUT2D eigenvalue weighted by Crippen LogP contribution is 2.25. The van der Waals surface area contributed by atoms with E-state index in [0.29, 0.717) is 0 Å². The van der Waals surface area contributed by atoms with Crippen LogP contribution in [0.25, 0.3) is 0 Å². The van der Waals surface area contributed by atoms with Crippen LogP contribution in [0.15, 0.2) is 0 Å². The summed E-state index contributed by atoms with van der Waals surface area (Å²) in [6.45, 7) is 0. The Bertz CT molecular complexity index is 369. The number of hydrogen-bond donors (Lipinski definition) is 2. The Balaban J connectivity index is 3.15. The molecule has 0 radical (unpaired) electrons. The molecule has 1 heterocycles. The molecule has 76 valence electrons. The number of carboxylic acid groups (broad SMARTS) is 1. The van der Waals surface area contributed by atoms with Gasteiger partial charge in [-0.15, -0.1) is 0 Å². The molecule has 0 spiro atoms. The molecule has 1 aromatic heterocycles. The van der Waals surface area contributed by atoms with Gasteiger partial charge in [0.25, 0.3) is 0 Å². The highest BCUT2D eigenvalue weighted by atomic mass is 35.5. The number of nitrogens with zero attached hydrogens (tertiary/aromatic N) is 2. The lowest BCUT2D eigenvalue weighted by Crippen LogP contribution is -2.07. The third kappa shape index (κ3) is 2.23. The molecule has 14 heavy (non-hydrogen) atoms. The smallest absolute Gasteiger partial charge is 0.309 e. The van der Waals surface area contributed by atoms with E-state index in [1.807, 2.05) is 0 Å². The molecular formula is C7H8ClN3O3. The predicted molar refractivity (Wildman–Crippen MR) is 49.3 cm³/mol. The Morgan fingerprint density at radius 2 is 2.29 bits per heavy atom. The monoisotopic (exact) mass is 217 g/mol. The number of carboxylic acids is 1. The van der Waals surface area contributed by atoms with E-state index in [1.165, 1.54) is 7.11 Å². The number of nitrogens with two attached hydrogens (primary N) is 1. The second kappa shape index (κ2) is 4.10. The topological polar surface area (TPSA) is 98.3 Å². The molecule has 0 aliphatic heterocycles. The number of halogens is 1. The Labute approximate surface area is 84.7 Å². The highest BCUT2D eigenvalue weighted by Gasteiger charge is 2.14. The SMILES string of the molecule is COc1nc(N)nc(CC(=O)O)c1Cl. The number of anilines is 1. The normalized spacial score (nSPS) is 9.86. The van der Waals surface area contributed by atoms with Gasteiger partial charge in [-0.2, -0.15) is 4.98 Å². The average molecular weight is 218 g/mol. The van der Waals surface area contributed by atoms with Crippen LogP contribution in [-0.4, -0.2) is 28.2 Å². The molecule has 1 aromatic rings. The van der Waals surface area contributed by atoms with Crippen molar-refractivity contribution in [3.05, 3.63) is 10.7 Å². The van der Waals surface area contributed by atoms with Gasteiger partial charge in [-0.25, -0.2) is 4.98 Å². The lowest BCUT2D eigenvalue weighted by atomic mass is 10.3. The minimum absolute atomic E-state index is 0.0671. The molecule has 0 amide bonds. The van der Waals surface area contributed by atoms with E-state index < -0.39 is 5.97 Å². The fraction of sp³-hybridized carbons (Fsp3) is 0.286. The number of nitrogen functional groups attached to an aromatic ring is 1. The van der Waals surface area contributed by atoms with Gasteiger partial charge in [0.2, 0.25) is 11.8 Å². The van der Waals surface area contributed by atoms with Gasteiger partial charge in [0, 0.05) is 0 Å². The van der Waals surface area contributed by atoms with Crippen molar-refractivity contribution in [2.45, 2.75) is 6.42 Å². The molecule has 0 bridgehead atoms. The lowest BCUT2D eigenvalue weighted by Gasteiger charge is -2.05. The van der Waals surface area contributed by atoms with E-state index >= 15 is 0 Å². The summed E-state index contributed by atoms with van der Waals surface area (Å²) < 4.78 is 4.79. The quantitative estimate of drug-likeness (QED) is 0.758. The predicted octanol–water partition coefficient (Wildman–Crippen LogP) is 0.348. The van der Waals surface area contributed by atoms with Crippen molar-refractivity contribution in [1.29, 1.82) is 0 Å². The zero-order valence-electron chi connectivity index (χ0n) is 7.32. The van der Waals surface area contributed by atoms with Gasteiger partial charge < -0.3 is 15.6 Å². The second-order valence-electron chi connectivity index (χ2n) is 2.42. The van der Waals surface area contributed by atoms with Crippen molar-refractivity contribution in [3.63, 3.8) is 0 Å². The number of hydrogen-bond acceptors (Lipinski definition) is 5. The summed E-state index contributed by atoms with van der Waals surface area (Å²) in [6, 6.07) is 0. The van der Waals surface area contributed by atoms with Gasteiger partial charge in [0.1, 0.15) is 5.02 Å². The molecule has 6 nitrogen and oxygen atoms in total. The molecule has 3 N–H and O–H groups in total. The van der Waals surface area contributed by atoms with Gasteiger partial charge in [-0.1, -0.05) is 11.6 Å². The van der Waals surface area contributed by atoms with Crippen molar-refractivity contribution < 1.29 is 14.6 Å². The molecular weight excluding hydrogens is 210 g/mol. The third-order valence-corrected chi connectivity index (χ3v) is 1.80. The fourth-order valence-corrected chi connectivity index (χ4v) is 1.11. The minimum atomic E-state index is -1.05. The molecule has 0 atom stereocenters. The number of ether oxygens (including phenoxy) is 1. The van der Waals surface area contributed by atoms with Crippen LogP contribution in [0.3, 0.4) is 0 Å². The summed E-state index contributed by atoms with van der Waals surface area (Å²) >= 11 is 5.76. The fourth-order valence-electron chi connectivity index (χ4n) is 0.885. The van der Waals surface area contributed by atoms with Crippen LogP contribution in [0, 0.1) is 0 Å². The first kappa shape index (κ1) is 10.5. The summed E-state index contributed by atoms with van der Waals surface area (Å²) in [7, 11) is 1.36. The van der Waals surface area contributed by atoms with E-state index in [2.05, 4.69) is 9.97 Å². The van der Waals surface area contributed by atoms with Gasteiger partial charge in [0.05, 0.1) is 19.2 Å². The largest absolute Gasteiger partial charge is 0.481 e. The van der Waals surface area contributed by atoms with Crippen molar-refractivity contribution in [3.8, 4) is 5.88 Å². The first-order valence-corrected chi connectivity index (χ1v) is 4.00. The van der Waals surface area contributed by atoms with Crippen molar-refractivity contribution in [1.82, 2.24) is 9.97 Å². The van der Waals surface area contributed by atoms with Crippen LogP contribution in [0.1, 0.15) is 5.69 Å². The van der Waals surface area contributed by atoms with Crippen LogP contribution in [0.4, 0.5) is 5.95 Å². The van der Waals surface area contributed by atoms with E-state index in [4.69, 9.17) is 27.2 Å².